The fraction of sp³-hybridized carbons (Fsp3) is 0.588. The molecule has 1 saturated carbocycles. The van der Waals surface area contributed by atoms with Crippen molar-refractivity contribution in [2.24, 2.45) is 5.92 Å². The first-order valence-corrected chi connectivity index (χ1v) is 7.93. The van der Waals surface area contributed by atoms with Crippen LogP contribution >= 0.6 is 0 Å². The van der Waals surface area contributed by atoms with E-state index in [0.29, 0.717) is 0 Å². The zero-order valence-electron chi connectivity index (χ0n) is 12.0. The number of nitrogens with one attached hydrogen (secondary N) is 1. The molecule has 0 saturated heterocycles. The molecule has 1 amide bonds. The summed E-state index contributed by atoms with van der Waals surface area (Å²) in [6.45, 7) is 0. The number of anilines is 1. The van der Waals surface area contributed by atoms with Gasteiger partial charge in [0.1, 0.15) is 0 Å². The predicted octanol–water partition coefficient (Wildman–Crippen LogP) is 3.34. The molecule has 0 aromatic heterocycles. The van der Waals surface area contributed by atoms with E-state index in [-0.39, 0.29) is 17.9 Å². The molecule has 1 unspecified atom stereocenters. The SMILES string of the molecule is Nc1ccc2c(c1)CCC2NC(=O)C1CCCCCC1. The summed E-state index contributed by atoms with van der Waals surface area (Å²) < 4.78 is 0. The molecule has 0 heterocycles. The molecule has 0 spiro atoms. The Morgan fingerprint density at radius 2 is 1.85 bits per heavy atom. The van der Waals surface area contributed by atoms with Crippen molar-refractivity contribution in [2.75, 3.05) is 5.73 Å². The van der Waals surface area contributed by atoms with E-state index in [9.17, 15) is 4.79 Å². The summed E-state index contributed by atoms with van der Waals surface area (Å²) in [5.74, 6) is 0.497. The van der Waals surface area contributed by atoms with Gasteiger partial charge in [0, 0.05) is 11.6 Å². The van der Waals surface area contributed by atoms with Crippen LogP contribution in [0.3, 0.4) is 0 Å². The predicted molar refractivity (Wildman–Crippen MR) is 81.3 cm³/mol. The number of aryl methyl sites for hydroxylation is 1. The molecule has 0 bridgehead atoms. The zero-order chi connectivity index (χ0) is 13.9. The molecule has 1 aromatic carbocycles. The highest BCUT2D eigenvalue weighted by Gasteiger charge is 2.27. The van der Waals surface area contributed by atoms with Crippen LogP contribution in [0.2, 0.25) is 0 Å². The average molecular weight is 272 g/mol. The molecule has 3 nitrogen and oxygen atoms in total. The monoisotopic (exact) mass is 272 g/mol. The maximum Gasteiger partial charge on any atom is 0.223 e. The number of hydrogen-bond donors (Lipinski definition) is 2. The first kappa shape index (κ1) is 13.5. The minimum atomic E-state index is 0.196. The Labute approximate surface area is 120 Å². The van der Waals surface area contributed by atoms with Crippen molar-refractivity contribution in [1.82, 2.24) is 5.32 Å². The Kier molecular flexibility index (Phi) is 3.95. The number of amides is 1. The van der Waals surface area contributed by atoms with Crippen LogP contribution in [0.15, 0.2) is 18.2 Å². The van der Waals surface area contributed by atoms with Crippen LogP contribution in [-0.4, -0.2) is 5.91 Å². The molecule has 108 valence electrons. The van der Waals surface area contributed by atoms with Gasteiger partial charge in [-0.3, -0.25) is 4.79 Å². The van der Waals surface area contributed by atoms with Crippen LogP contribution in [0.1, 0.15) is 62.1 Å². The lowest BCUT2D eigenvalue weighted by Crippen LogP contribution is -2.33. The molecule has 0 aliphatic heterocycles. The van der Waals surface area contributed by atoms with Crippen molar-refractivity contribution in [3.63, 3.8) is 0 Å². The second-order valence-electron chi connectivity index (χ2n) is 6.25. The van der Waals surface area contributed by atoms with Crippen LogP contribution in [0.4, 0.5) is 5.69 Å². The largest absolute Gasteiger partial charge is 0.399 e. The summed E-state index contributed by atoms with van der Waals surface area (Å²) in [4.78, 5) is 12.4. The standard InChI is InChI=1S/C17H24N2O/c18-14-8-9-15-13(11-14)7-10-16(15)19-17(20)12-5-3-1-2-4-6-12/h8-9,11-12,16H,1-7,10,18H2,(H,19,20). The second kappa shape index (κ2) is 5.86. The van der Waals surface area contributed by atoms with Crippen molar-refractivity contribution in [1.29, 1.82) is 0 Å². The minimum Gasteiger partial charge on any atom is -0.399 e. The van der Waals surface area contributed by atoms with Gasteiger partial charge in [0.05, 0.1) is 6.04 Å². The van der Waals surface area contributed by atoms with E-state index in [1.165, 1.54) is 36.8 Å². The van der Waals surface area contributed by atoms with Gasteiger partial charge in [0.15, 0.2) is 0 Å². The smallest absolute Gasteiger partial charge is 0.223 e. The van der Waals surface area contributed by atoms with Gasteiger partial charge < -0.3 is 11.1 Å². The van der Waals surface area contributed by atoms with Gasteiger partial charge in [-0.1, -0.05) is 31.7 Å². The summed E-state index contributed by atoms with van der Waals surface area (Å²) in [7, 11) is 0. The molecule has 3 N–H and O–H groups in total. The van der Waals surface area contributed by atoms with Crippen LogP contribution in [0, 0.1) is 5.92 Å². The molecular formula is C17H24N2O. The lowest BCUT2D eigenvalue weighted by Gasteiger charge is -2.19. The summed E-state index contributed by atoms with van der Waals surface area (Å²) in [5, 5.41) is 3.27. The Hall–Kier alpha value is -1.51. The summed E-state index contributed by atoms with van der Waals surface area (Å²) in [6, 6.07) is 6.26. The van der Waals surface area contributed by atoms with Gasteiger partial charge in [-0.25, -0.2) is 0 Å². The summed E-state index contributed by atoms with van der Waals surface area (Å²) in [5.41, 5.74) is 9.21. The fourth-order valence-electron chi connectivity index (χ4n) is 3.62. The molecule has 1 fully saturated rings. The molecule has 20 heavy (non-hydrogen) atoms. The quantitative estimate of drug-likeness (QED) is 0.641. The van der Waals surface area contributed by atoms with Gasteiger partial charge in [-0.2, -0.15) is 0 Å². The number of hydrogen-bond acceptors (Lipinski definition) is 2. The van der Waals surface area contributed by atoms with E-state index in [1.54, 1.807) is 0 Å². The molecule has 3 heteroatoms. The number of carbonyl (C=O) groups is 1. The number of carbonyl (C=O) groups excluding carboxylic acids is 1. The maximum atomic E-state index is 12.4. The highest BCUT2D eigenvalue weighted by molar-refractivity contribution is 5.79. The minimum absolute atomic E-state index is 0.196. The van der Waals surface area contributed by atoms with E-state index in [1.807, 2.05) is 12.1 Å². The molecular weight excluding hydrogens is 248 g/mol. The summed E-state index contributed by atoms with van der Waals surface area (Å²) >= 11 is 0. The lowest BCUT2D eigenvalue weighted by molar-refractivity contribution is -0.126. The number of benzene rings is 1. The topological polar surface area (TPSA) is 55.1 Å². The van der Waals surface area contributed by atoms with E-state index in [0.717, 1.165) is 31.4 Å². The van der Waals surface area contributed by atoms with Crippen molar-refractivity contribution in [3.05, 3.63) is 29.3 Å². The van der Waals surface area contributed by atoms with Crippen molar-refractivity contribution < 1.29 is 4.79 Å². The Balaban J connectivity index is 1.66. The lowest BCUT2D eigenvalue weighted by atomic mass is 9.98. The first-order valence-electron chi connectivity index (χ1n) is 7.93. The number of rotatable bonds is 2. The average Bonchev–Trinajstić information content (AvgIpc) is 2.66. The molecule has 2 aliphatic carbocycles. The van der Waals surface area contributed by atoms with Crippen LogP contribution in [0.5, 0.6) is 0 Å². The number of nitrogens with two attached hydrogens (primary N) is 1. The van der Waals surface area contributed by atoms with Crippen LogP contribution < -0.4 is 11.1 Å². The Morgan fingerprint density at radius 1 is 1.10 bits per heavy atom. The highest BCUT2D eigenvalue weighted by Crippen LogP contribution is 2.33. The third kappa shape index (κ3) is 2.82. The number of fused-ring (bicyclic) bond motifs is 1. The van der Waals surface area contributed by atoms with E-state index in [2.05, 4.69) is 11.4 Å². The highest BCUT2D eigenvalue weighted by atomic mass is 16.1. The van der Waals surface area contributed by atoms with Crippen molar-refractivity contribution in [2.45, 2.75) is 57.4 Å². The van der Waals surface area contributed by atoms with Crippen molar-refractivity contribution >= 4 is 11.6 Å². The summed E-state index contributed by atoms with van der Waals surface area (Å²) in [6.07, 6.45) is 9.14. The van der Waals surface area contributed by atoms with Gasteiger partial charge in [0.25, 0.3) is 0 Å². The van der Waals surface area contributed by atoms with E-state index >= 15 is 0 Å². The fourth-order valence-corrected chi connectivity index (χ4v) is 3.62. The molecule has 3 rings (SSSR count). The maximum absolute atomic E-state index is 12.4. The van der Waals surface area contributed by atoms with Gasteiger partial charge >= 0.3 is 0 Å². The third-order valence-corrected chi connectivity index (χ3v) is 4.79. The normalized spacial score (nSPS) is 23.1. The zero-order valence-corrected chi connectivity index (χ0v) is 12.0. The molecule has 1 aromatic rings. The van der Waals surface area contributed by atoms with Gasteiger partial charge in [-0.15, -0.1) is 0 Å². The van der Waals surface area contributed by atoms with Crippen molar-refractivity contribution in [3.8, 4) is 0 Å². The van der Waals surface area contributed by atoms with Crippen LogP contribution in [0.25, 0.3) is 0 Å². The Bertz CT molecular complexity index is 490. The van der Waals surface area contributed by atoms with Gasteiger partial charge in [0.2, 0.25) is 5.91 Å². The second-order valence-corrected chi connectivity index (χ2v) is 6.25. The first-order chi connectivity index (χ1) is 9.74. The van der Waals surface area contributed by atoms with E-state index < -0.39 is 0 Å². The van der Waals surface area contributed by atoms with Crippen LogP contribution in [-0.2, 0) is 11.2 Å². The van der Waals surface area contributed by atoms with Gasteiger partial charge in [-0.05, 0) is 48.9 Å². The molecule has 0 radical (unpaired) electrons. The Morgan fingerprint density at radius 3 is 2.60 bits per heavy atom. The molecule has 1 atom stereocenters. The number of nitrogen functional groups attached to an aromatic ring is 1. The third-order valence-electron chi connectivity index (χ3n) is 4.79. The van der Waals surface area contributed by atoms with E-state index in [4.69, 9.17) is 5.73 Å². The molecule has 2 aliphatic rings.